The third-order valence-electron chi connectivity index (χ3n) is 1.69. The third kappa shape index (κ3) is 2.77. The first-order valence-electron chi connectivity index (χ1n) is 4.31. The Morgan fingerprint density at radius 1 is 1.58 bits per heavy atom. The van der Waals surface area contributed by atoms with Crippen molar-refractivity contribution in [1.82, 2.24) is 8.75 Å². The summed E-state index contributed by atoms with van der Waals surface area (Å²) in [5.41, 5.74) is 0. The van der Waals surface area contributed by atoms with Gasteiger partial charge in [0.25, 0.3) is 0 Å². The average molecular weight is 186 g/mol. The van der Waals surface area contributed by atoms with E-state index >= 15 is 0 Å². The Bertz CT molecular complexity index is 201. The zero-order valence-electron chi connectivity index (χ0n) is 7.49. The second kappa shape index (κ2) is 5.09. The van der Waals surface area contributed by atoms with Gasteiger partial charge in [0, 0.05) is 0 Å². The highest BCUT2D eigenvalue weighted by molar-refractivity contribution is 6.99. The smallest absolute Gasteiger partial charge is 0.245 e. The lowest BCUT2D eigenvalue weighted by Gasteiger charge is -2.13. The second-order valence-corrected chi connectivity index (χ2v) is 3.24. The Morgan fingerprint density at radius 2 is 2.42 bits per heavy atom. The van der Waals surface area contributed by atoms with E-state index in [9.17, 15) is 0 Å². The summed E-state index contributed by atoms with van der Waals surface area (Å²) >= 11 is 1.19. The number of hydrogen-bond donors (Lipinski definition) is 0. The van der Waals surface area contributed by atoms with E-state index in [0.717, 1.165) is 19.3 Å². The SMILES string of the molecule is CCCC(CC)Oc1cnsn1. The van der Waals surface area contributed by atoms with Crippen LogP contribution in [-0.4, -0.2) is 14.9 Å². The highest BCUT2D eigenvalue weighted by Gasteiger charge is 2.07. The van der Waals surface area contributed by atoms with Crippen molar-refractivity contribution >= 4 is 11.7 Å². The van der Waals surface area contributed by atoms with Crippen LogP contribution in [0.4, 0.5) is 0 Å². The molecule has 4 heteroatoms. The first-order chi connectivity index (χ1) is 5.86. The van der Waals surface area contributed by atoms with Gasteiger partial charge in [0.05, 0.1) is 11.7 Å². The Hall–Kier alpha value is -0.640. The molecule has 0 spiro atoms. The van der Waals surface area contributed by atoms with Crippen LogP contribution in [-0.2, 0) is 0 Å². The van der Waals surface area contributed by atoms with Crippen LogP contribution in [0.2, 0.25) is 0 Å². The maximum absolute atomic E-state index is 5.58. The fraction of sp³-hybridized carbons (Fsp3) is 0.750. The van der Waals surface area contributed by atoms with E-state index in [-0.39, 0.29) is 0 Å². The summed E-state index contributed by atoms with van der Waals surface area (Å²) in [4.78, 5) is 0. The van der Waals surface area contributed by atoms with Gasteiger partial charge in [0.15, 0.2) is 0 Å². The molecule has 1 heterocycles. The molecule has 0 aliphatic heterocycles. The topological polar surface area (TPSA) is 35.0 Å². The molecule has 1 unspecified atom stereocenters. The van der Waals surface area contributed by atoms with Crippen molar-refractivity contribution in [2.24, 2.45) is 0 Å². The largest absolute Gasteiger partial charge is 0.473 e. The minimum absolute atomic E-state index is 0.305. The molecule has 12 heavy (non-hydrogen) atoms. The van der Waals surface area contributed by atoms with Crippen molar-refractivity contribution in [2.45, 2.75) is 39.2 Å². The Labute approximate surface area is 77.1 Å². The number of nitrogens with zero attached hydrogens (tertiary/aromatic N) is 2. The van der Waals surface area contributed by atoms with E-state index in [4.69, 9.17) is 4.74 Å². The Morgan fingerprint density at radius 3 is 2.92 bits per heavy atom. The molecule has 1 rings (SSSR count). The molecule has 0 fully saturated rings. The molecule has 0 amide bonds. The molecular formula is C8H14N2OS. The van der Waals surface area contributed by atoms with Crippen molar-refractivity contribution in [3.05, 3.63) is 6.20 Å². The summed E-state index contributed by atoms with van der Waals surface area (Å²) in [5, 5.41) is 0. The second-order valence-electron chi connectivity index (χ2n) is 2.68. The van der Waals surface area contributed by atoms with Crippen LogP contribution in [0.25, 0.3) is 0 Å². The fourth-order valence-corrected chi connectivity index (χ4v) is 1.40. The summed E-state index contributed by atoms with van der Waals surface area (Å²) in [6.07, 6.45) is 5.25. The molecule has 0 aliphatic carbocycles. The van der Waals surface area contributed by atoms with Gasteiger partial charge in [-0.05, 0) is 12.8 Å². The molecule has 68 valence electrons. The summed E-state index contributed by atoms with van der Waals surface area (Å²) in [7, 11) is 0. The molecule has 1 aromatic heterocycles. The van der Waals surface area contributed by atoms with E-state index in [1.54, 1.807) is 6.20 Å². The number of rotatable bonds is 5. The Kier molecular flexibility index (Phi) is 4.00. The molecule has 0 saturated carbocycles. The van der Waals surface area contributed by atoms with Crippen LogP contribution in [0.1, 0.15) is 33.1 Å². The summed E-state index contributed by atoms with van der Waals surface area (Å²) in [6.45, 7) is 4.28. The normalized spacial score (nSPS) is 12.8. The van der Waals surface area contributed by atoms with Crippen LogP contribution in [0.15, 0.2) is 6.20 Å². The molecule has 0 saturated heterocycles. The standard InChI is InChI=1S/C8H14N2OS/c1-3-5-7(4-2)11-8-6-9-12-10-8/h6-7H,3-5H2,1-2H3. The first kappa shape index (κ1) is 9.45. The van der Waals surface area contributed by atoms with E-state index in [1.165, 1.54) is 11.7 Å². The van der Waals surface area contributed by atoms with E-state index < -0.39 is 0 Å². The fourth-order valence-electron chi connectivity index (χ4n) is 1.05. The van der Waals surface area contributed by atoms with Gasteiger partial charge in [0.1, 0.15) is 12.3 Å². The predicted molar refractivity (Wildman–Crippen MR) is 49.5 cm³/mol. The molecule has 1 aromatic rings. The minimum Gasteiger partial charge on any atom is -0.473 e. The van der Waals surface area contributed by atoms with Crippen LogP contribution in [0, 0.1) is 0 Å². The zero-order chi connectivity index (χ0) is 8.81. The van der Waals surface area contributed by atoms with Gasteiger partial charge in [-0.1, -0.05) is 20.3 Å². The number of ether oxygens (including phenoxy) is 1. The van der Waals surface area contributed by atoms with Crippen molar-refractivity contribution in [3.8, 4) is 5.88 Å². The molecule has 0 bridgehead atoms. The number of aromatic nitrogens is 2. The zero-order valence-corrected chi connectivity index (χ0v) is 8.30. The summed E-state index contributed by atoms with van der Waals surface area (Å²) in [6, 6.07) is 0. The van der Waals surface area contributed by atoms with Crippen LogP contribution < -0.4 is 4.74 Å². The molecule has 1 atom stereocenters. The Balaban J connectivity index is 2.37. The van der Waals surface area contributed by atoms with Gasteiger partial charge in [-0.25, -0.2) is 0 Å². The van der Waals surface area contributed by atoms with Gasteiger partial charge in [0.2, 0.25) is 5.88 Å². The average Bonchev–Trinajstić information content (AvgIpc) is 2.56. The van der Waals surface area contributed by atoms with E-state index in [0.29, 0.717) is 12.0 Å². The van der Waals surface area contributed by atoms with Crippen molar-refractivity contribution in [1.29, 1.82) is 0 Å². The highest BCUT2D eigenvalue weighted by Crippen LogP contribution is 2.12. The number of hydrogen-bond acceptors (Lipinski definition) is 4. The van der Waals surface area contributed by atoms with Gasteiger partial charge < -0.3 is 4.74 Å². The van der Waals surface area contributed by atoms with E-state index in [2.05, 4.69) is 22.6 Å². The van der Waals surface area contributed by atoms with Gasteiger partial charge in [-0.15, -0.1) is 4.37 Å². The summed E-state index contributed by atoms with van der Waals surface area (Å²) in [5.74, 6) is 0.667. The monoisotopic (exact) mass is 186 g/mol. The first-order valence-corrected chi connectivity index (χ1v) is 5.04. The quantitative estimate of drug-likeness (QED) is 0.708. The molecule has 0 aromatic carbocycles. The molecule has 0 radical (unpaired) electrons. The van der Waals surface area contributed by atoms with Crippen LogP contribution in [0.3, 0.4) is 0 Å². The molecule has 3 nitrogen and oxygen atoms in total. The summed E-state index contributed by atoms with van der Waals surface area (Å²) < 4.78 is 13.5. The highest BCUT2D eigenvalue weighted by atomic mass is 32.1. The van der Waals surface area contributed by atoms with Gasteiger partial charge in [-0.2, -0.15) is 4.37 Å². The molecule has 0 N–H and O–H groups in total. The van der Waals surface area contributed by atoms with Crippen molar-refractivity contribution < 1.29 is 4.74 Å². The van der Waals surface area contributed by atoms with Crippen LogP contribution in [0.5, 0.6) is 5.88 Å². The lowest BCUT2D eigenvalue weighted by molar-refractivity contribution is 0.179. The van der Waals surface area contributed by atoms with Crippen molar-refractivity contribution in [2.75, 3.05) is 0 Å². The minimum atomic E-state index is 0.305. The van der Waals surface area contributed by atoms with E-state index in [1.807, 2.05) is 0 Å². The maximum atomic E-state index is 5.58. The molecular weight excluding hydrogens is 172 g/mol. The lowest BCUT2D eigenvalue weighted by Crippen LogP contribution is -2.14. The van der Waals surface area contributed by atoms with Gasteiger partial charge >= 0.3 is 0 Å². The lowest BCUT2D eigenvalue weighted by atomic mass is 10.2. The third-order valence-corrected chi connectivity index (χ3v) is 2.16. The predicted octanol–water partition coefficient (Wildman–Crippen LogP) is 2.50. The van der Waals surface area contributed by atoms with Crippen LogP contribution >= 0.6 is 11.7 Å². The van der Waals surface area contributed by atoms with Gasteiger partial charge in [-0.3, -0.25) is 0 Å². The maximum Gasteiger partial charge on any atom is 0.245 e. The molecule has 0 aliphatic rings. The van der Waals surface area contributed by atoms with Crippen molar-refractivity contribution in [3.63, 3.8) is 0 Å².